The number of aryl methyl sites for hydroxylation is 1. The van der Waals surface area contributed by atoms with Crippen molar-refractivity contribution in [1.82, 2.24) is 10.1 Å². The highest BCUT2D eigenvalue weighted by Crippen LogP contribution is 2.26. The van der Waals surface area contributed by atoms with Gasteiger partial charge in [0.15, 0.2) is 22.5 Å². The van der Waals surface area contributed by atoms with E-state index >= 15 is 0 Å². The molecule has 0 bridgehead atoms. The monoisotopic (exact) mass is 321 g/mol. The van der Waals surface area contributed by atoms with Crippen LogP contribution in [0.1, 0.15) is 16.2 Å². The van der Waals surface area contributed by atoms with Gasteiger partial charge in [-0.2, -0.15) is 0 Å². The molecule has 0 spiro atoms. The number of halogens is 2. The van der Waals surface area contributed by atoms with Crippen molar-refractivity contribution in [1.29, 1.82) is 0 Å². The summed E-state index contributed by atoms with van der Waals surface area (Å²) in [5.41, 5.74) is 1.01. The molecule has 0 aliphatic heterocycles. The lowest BCUT2D eigenvalue weighted by Crippen LogP contribution is -2.11. The van der Waals surface area contributed by atoms with Crippen molar-refractivity contribution < 1.29 is 18.1 Å². The average molecular weight is 321 g/mol. The third kappa shape index (κ3) is 2.86. The van der Waals surface area contributed by atoms with Crippen LogP contribution in [0.2, 0.25) is 0 Å². The summed E-state index contributed by atoms with van der Waals surface area (Å²) in [4.78, 5) is 16.1. The molecule has 22 heavy (non-hydrogen) atoms. The lowest BCUT2D eigenvalue weighted by molar-refractivity contribution is 0.101. The normalized spacial score (nSPS) is 10.7. The number of anilines is 1. The number of nitrogens with one attached hydrogen (secondary N) is 1. The number of hydrogen-bond acceptors (Lipinski definition) is 5. The number of hydrogen-bond donors (Lipinski definition) is 1. The molecule has 0 radical (unpaired) electrons. The summed E-state index contributed by atoms with van der Waals surface area (Å²) < 4.78 is 31.0. The molecule has 1 amide bonds. The third-order valence-electron chi connectivity index (χ3n) is 2.80. The van der Waals surface area contributed by atoms with Crippen LogP contribution in [0.15, 0.2) is 34.2 Å². The molecule has 112 valence electrons. The van der Waals surface area contributed by atoms with Crippen LogP contribution in [0.3, 0.4) is 0 Å². The Bertz CT molecular complexity index is 844. The number of benzene rings is 1. The van der Waals surface area contributed by atoms with E-state index in [1.54, 1.807) is 12.3 Å². The molecule has 1 aromatic carbocycles. The number of aromatic nitrogens is 2. The number of thiazole rings is 1. The van der Waals surface area contributed by atoms with Gasteiger partial charge in [0.1, 0.15) is 5.76 Å². The maximum absolute atomic E-state index is 13.2. The molecule has 5 nitrogen and oxygen atoms in total. The summed E-state index contributed by atoms with van der Waals surface area (Å²) in [6, 6.07) is 5.00. The van der Waals surface area contributed by atoms with Crippen LogP contribution in [-0.4, -0.2) is 16.0 Å². The first-order valence-corrected chi connectivity index (χ1v) is 7.06. The Kier molecular flexibility index (Phi) is 3.68. The number of rotatable bonds is 3. The molecule has 0 atom stereocenters. The SMILES string of the molecule is Cc1cc(C(=O)Nc2nc(-c3ccc(F)c(F)c3)cs2)no1. The van der Waals surface area contributed by atoms with Gasteiger partial charge in [-0.05, 0) is 25.1 Å². The van der Waals surface area contributed by atoms with Crippen LogP contribution < -0.4 is 5.32 Å². The fourth-order valence-corrected chi connectivity index (χ4v) is 2.47. The number of carbonyl (C=O) groups excluding carboxylic acids is 1. The quantitative estimate of drug-likeness (QED) is 0.800. The van der Waals surface area contributed by atoms with Gasteiger partial charge >= 0.3 is 0 Å². The van der Waals surface area contributed by atoms with E-state index in [9.17, 15) is 13.6 Å². The Balaban J connectivity index is 1.78. The van der Waals surface area contributed by atoms with Crippen LogP contribution in [0.25, 0.3) is 11.3 Å². The molecule has 0 aliphatic rings. The highest BCUT2D eigenvalue weighted by atomic mass is 32.1. The summed E-state index contributed by atoms with van der Waals surface area (Å²) in [5.74, 6) is -1.81. The lowest BCUT2D eigenvalue weighted by atomic mass is 10.2. The number of carbonyl (C=O) groups is 1. The van der Waals surface area contributed by atoms with Crippen LogP contribution in [0.5, 0.6) is 0 Å². The van der Waals surface area contributed by atoms with Crippen molar-refractivity contribution in [3.8, 4) is 11.3 Å². The van der Waals surface area contributed by atoms with Gasteiger partial charge in [0, 0.05) is 17.0 Å². The summed E-state index contributed by atoms with van der Waals surface area (Å²) in [6.45, 7) is 1.67. The zero-order chi connectivity index (χ0) is 15.7. The van der Waals surface area contributed by atoms with E-state index in [-0.39, 0.29) is 5.69 Å². The van der Waals surface area contributed by atoms with Crippen LogP contribution in [0, 0.1) is 18.6 Å². The smallest absolute Gasteiger partial charge is 0.279 e. The van der Waals surface area contributed by atoms with Crippen molar-refractivity contribution in [2.45, 2.75) is 6.92 Å². The molecule has 3 rings (SSSR count). The first kappa shape index (κ1) is 14.3. The minimum absolute atomic E-state index is 0.141. The third-order valence-corrected chi connectivity index (χ3v) is 3.56. The molecular weight excluding hydrogens is 312 g/mol. The van der Waals surface area contributed by atoms with Gasteiger partial charge in [-0.25, -0.2) is 13.8 Å². The number of nitrogens with zero attached hydrogens (tertiary/aromatic N) is 2. The highest BCUT2D eigenvalue weighted by Gasteiger charge is 2.14. The van der Waals surface area contributed by atoms with Gasteiger partial charge < -0.3 is 4.52 Å². The van der Waals surface area contributed by atoms with E-state index in [1.807, 2.05) is 0 Å². The predicted octanol–water partition coefficient (Wildman–Crippen LogP) is 3.64. The maximum atomic E-state index is 13.2. The molecule has 0 saturated carbocycles. The largest absolute Gasteiger partial charge is 0.361 e. The fourth-order valence-electron chi connectivity index (χ4n) is 1.75. The lowest BCUT2D eigenvalue weighted by Gasteiger charge is -1.98. The molecule has 2 heterocycles. The van der Waals surface area contributed by atoms with Crippen molar-refractivity contribution in [2.24, 2.45) is 0 Å². The van der Waals surface area contributed by atoms with Crippen LogP contribution in [0.4, 0.5) is 13.9 Å². The van der Waals surface area contributed by atoms with Gasteiger partial charge in [0.05, 0.1) is 5.69 Å². The fraction of sp³-hybridized carbons (Fsp3) is 0.0714. The topological polar surface area (TPSA) is 68.0 Å². The van der Waals surface area contributed by atoms with E-state index < -0.39 is 17.5 Å². The molecule has 2 aromatic heterocycles. The average Bonchev–Trinajstić information content (AvgIpc) is 3.11. The highest BCUT2D eigenvalue weighted by molar-refractivity contribution is 7.14. The molecule has 8 heteroatoms. The van der Waals surface area contributed by atoms with Crippen molar-refractivity contribution >= 4 is 22.4 Å². The van der Waals surface area contributed by atoms with Crippen molar-refractivity contribution in [3.05, 3.63) is 52.7 Å². The molecule has 1 N–H and O–H groups in total. The zero-order valence-electron chi connectivity index (χ0n) is 11.3. The second kappa shape index (κ2) is 5.64. The minimum Gasteiger partial charge on any atom is -0.361 e. The summed E-state index contributed by atoms with van der Waals surface area (Å²) >= 11 is 1.17. The second-order valence-corrected chi connectivity index (χ2v) is 5.30. The molecule has 0 aliphatic carbocycles. The summed E-state index contributed by atoms with van der Waals surface area (Å²) in [6.07, 6.45) is 0. The van der Waals surface area contributed by atoms with Crippen molar-refractivity contribution in [2.75, 3.05) is 5.32 Å². The summed E-state index contributed by atoms with van der Waals surface area (Å²) in [7, 11) is 0. The van der Waals surface area contributed by atoms with Gasteiger partial charge in [-0.3, -0.25) is 10.1 Å². The van der Waals surface area contributed by atoms with Gasteiger partial charge in [0.25, 0.3) is 5.91 Å². The Morgan fingerprint density at radius 3 is 2.77 bits per heavy atom. The van der Waals surface area contributed by atoms with E-state index in [1.165, 1.54) is 23.5 Å². The Labute approximate surface area is 127 Å². The van der Waals surface area contributed by atoms with Crippen LogP contribution >= 0.6 is 11.3 Å². The van der Waals surface area contributed by atoms with E-state index in [0.29, 0.717) is 22.1 Å². The molecule has 3 aromatic rings. The zero-order valence-corrected chi connectivity index (χ0v) is 12.1. The maximum Gasteiger partial charge on any atom is 0.279 e. The first-order valence-electron chi connectivity index (χ1n) is 6.18. The van der Waals surface area contributed by atoms with Gasteiger partial charge in [0.2, 0.25) is 0 Å². The standard InChI is InChI=1S/C14H9F2N3O2S/c1-7-4-11(19-21-7)13(20)18-14-17-12(6-22-14)8-2-3-9(15)10(16)5-8/h2-6H,1H3,(H,17,18,20). The van der Waals surface area contributed by atoms with Gasteiger partial charge in [-0.15, -0.1) is 11.3 Å². The Hall–Kier alpha value is -2.61. The van der Waals surface area contributed by atoms with E-state index in [4.69, 9.17) is 4.52 Å². The van der Waals surface area contributed by atoms with Gasteiger partial charge in [-0.1, -0.05) is 5.16 Å². The molecule has 0 saturated heterocycles. The molecule has 0 unspecified atom stereocenters. The summed E-state index contributed by atoms with van der Waals surface area (Å²) in [5, 5.41) is 8.12. The molecular formula is C14H9F2N3O2S. The Morgan fingerprint density at radius 1 is 1.27 bits per heavy atom. The van der Waals surface area contributed by atoms with Crippen LogP contribution in [-0.2, 0) is 0 Å². The minimum atomic E-state index is -0.950. The molecule has 0 fully saturated rings. The van der Waals surface area contributed by atoms with Crippen molar-refractivity contribution in [3.63, 3.8) is 0 Å². The second-order valence-electron chi connectivity index (χ2n) is 4.44. The van der Waals surface area contributed by atoms with E-state index in [2.05, 4.69) is 15.5 Å². The Morgan fingerprint density at radius 2 is 2.09 bits per heavy atom. The predicted molar refractivity (Wildman–Crippen MR) is 76.7 cm³/mol. The van der Waals surface area contributed by atoms with E-state index in [0.717, 1.165) is 12.1 Å². The number of amides is 1. The first-order chi connectivity index (χ1) is 10.5.